The quantitative estimate of drug-likeness (QED) is 0.0730. The molecule has 18 heteroatoms. The Morgan fingerprint density at radius 3 is 1.43 bits per heavy atom. The molecule has 0 saturated heterocycles. The van der Waals surface area contributed by atoms with Gasteiger partial charge in [0.15, 0.2) is 20.1 Å². The molecule has 0 aliphatic heterocycles. The Kier molecular flexibility index (Phi) is 10.7. The van der Waals surface area contributed by atoms with Crippen LogP contribution >= 0.6 is 30.9 Å². The largest absolute Gasteiger partial charge is 0.497 e. The maximum atomic E-state index is 12.7. The monoisotopic (exact) mass is 666 g/mol. The number of ether oxygens (including phenoxy) is 4. The minimum atomic E-state index is -3.32. The SMILES string of the molecule is COc1ccc(CNc2sc(O[PH](=O)Oc3cc([N+](=O)[O-])c(NCc4ccc(OC)cc4OC)s3)cc2[N+](=O)[O-])c(OC)c1. The molecular formula is C26H27N4O11PS2. The van der Waals surface area contributed by atoms with Crippen molar-refractivity contribution in [3.8, 4) is 33.1 Å². The highest BCUT2D eigenvalue weighted by Crippen LogP contribution is 2.47. The average molecular weight is 667 g/mol. The zero-order chi connectivity index (χ0) is 31.8. The van der Waals surface area contributed by atoms with E-state index in [0.29, 0.717) is 34.1 Å². The van der Waals surface area contributed by atoms with Gasteiger partial charge in [-0.3, -0.25) is 20.2 Å². The summed E-state index contributed by atoms with van der Waals surface area (Å²) in [6.07, 6.45) is 0. The lowest BCUT2D eigenvalue weighted by atomic mass is 10.2. The van der Waals surface area contributed by atoms with Gasteiger partial charge in [-0.25, -0.2) is 4.57 Å². The van der Waals surface area contributed by atoms with Crippen LogP contribution in [0.2, 0.25) is 0 Å². The minimum absolute atomic E-state index is 0.0409. The summed E-state index contributed by atoms with van der Waals surface area (Å²) in [6, 6.07) is 12.6. The molecule has 0 aliphatic carbocycles. The topological polar surface area (TPSA) is 183 Å². The number of nitrogens with one attached hydrogen (secondary N) is 2. The van der Waals surface area contributed by atoms with Crippen molar-refractivity contribution in [3.63, 3.8) is 0 Å². The van der Waals surface area contributed by atoms with Crippen molar-refractivity contribution in [2.75, 3.05) is 39.1 Å². The Hall–Kier alpha value is -4.73. The van der Waals surface area contributed by atoms with Crippen LogP contribution in [0.15, 0.2) is 48.5 Å². The van der Waals surface area contributed by atoms with Gasteiger partial charge in [0, 0.05) is 36.3 Å². The van der Waals surface area contributed by atoms with Crippen LogP contribution in [-0.4, -0.2) is 38.3 Å². The first-order valence-corrected chi connectivity index (χ1v) is 15.4. The summed E-state index contributed by atoms with van der Waals surface area (Å²) in [6.45, 7) is 0.355. The minimum Gasteiger partial charge on any atom is -0.497 e. The molecule has 0 amide bonds. The first-order valence-electron chi connectivity index (χ1n) is 12.5. The molecule has 0 aliphatic rings. The van der Waals surface area contributed by atoms with E-state index in [1.54, 1.807) is 36.4 Å². The van der Waals surface area contributed by atoms with Crippen molar-refractivity contribution < 1.29 is 42.4 Å². The number of benzene rings is 2. The molecule has 2 heterocycles. The third kappa shape index (κ3) is 7.80. The average Bonchev–Trinajstić information content (AvgIpc) is 3.62. The van der Waals surface area contributed by atoms with E-state index in [1.165, 1.54) is 28.4 Å². The lowest BCUT2D eigenvalue weighted by Crippen LogP contribution is -2.02. The number of nitro groups is 2. The van der Waals surface area contributed by atoms with E-state index in [0.717, 1.165) is 34.8 Å². The molecule has 0 fully saturated rings. The van der Waals surface area contributed by atoms with Gasteiger partial charge in [-0.1, -0.05) is 22.7 Å². The molecule has 0 bridgehead atoms. The predicted molar refractivity (Wildman–Crippen MR) is 166 cm³/mol. The van der Waals surface area contributed by atoms with Gasteiger partial charge in [0.25, 0.3) is 0 Å². The molecule has 0 spiro atoms. The van der Waals surface area contributed by atoms with Crippen molar-refractivity contribution in [1.82, 2.24) is 0 Å². The fourth-order valence-corrected chi connectivity index (χ4v) is 6.61. The zero-order valence-corrected chi connectivity index (χ0v) is 26.4. The summed E-state index contributed by atoms with van der Waals surface area (Å²) < 4.78 is 44.5. The number of methoxy groups -OCH3 is 4. The third-order valence-corrected chi connectivity index (χ3v) is 9.00. The fourth-order valence-electron chi connectivity index (χ4n) is 3.88. The first kappa shape index (κ1) is 32.2. The highest BCUT2D eigenvalue weighted by molar-refractivity contribution is 7.36. The van der Waals surface area contributed by atoms with Crippen LogP contribution in [0, 0.1) is 20.2 Å². The van der Waals surface area contributed by atoms with Crippen molar-refractivity contribution >= 4 is 52.3 Å². The van der Waals surface area contributed by atoms with E-state index >= 15 is 0 Å². The lowest BCUT2D eigenvalue weighted by molar-refractivity contribution is -0.383. The molecule has 0 radical (unpaired) electrons. The smallest absolute Gasteiger partial charge is 0.420 e. The van der Waals surface area contributed by atoms with Crippen LogP contribution in [0.25, 0.3) is 0 Å². The molecule has 44 heavy (non-hydrogen) atoms. The maximum Gasteiger partial charge on any atom is 0.420 e. The molecule has 4 aromatic rings. The van der Waals surface area contributed by atoms with Gasteiger partial charge in [-0.2, -0.15) is 0 Å². The summed E-state index contributed by atoms with van der Waals surface area (Å²) in [7, 11) is 2.72. The summed E-state index contributed by atoms with van der Waals surface area (Å²) in [5.41, 5.74) is 0.841. The fraction of sp³-hybridized carbons (Fsp3) is 0.231. The van der Waals surface area contributed by atoms with Crippen molar-refractivity contribution in [2.24, 2.45) is 0 Å². The van der Waals surface area contributed by atoms with E-state index in [2.05, 4.69) is 10.6 Å². The lowest BCUT2D eigenvalue weighted by Gasteiger charge is -2.11. The second-order valence-corrected chi connectivity index (χ2v) is 11.5. The molecule has 2 aromatic carbocycles. The van der Waals surface area contributed by atoms with E-state index in [9.17, 15) is 24.8 Å². The van der Waals surface area contributed by atoms with E-state index < -0.39 is 18.1 Å². The van der Waals surface area contributed by atoms with Gasteiger partial charge < -0.3 is 38.6 Å². The normalized spacial score (nSPS) is 10.7. The van der Waals surface area contributed by atoms with Crippen LogP contribution in [-0.2, 0) is 17.7 Å². The van der Waals surface area contributed by atoms with Gasteiger partial charge in [0.05, 0.1) is 50.4 Å². The number of thiophene rings is 2. The van der Waals surface area contributed by atoms with Crippen molar-refractivity contribution in [1.29, 1.82) is 0 Å². The summed E-state index contributed by atoms with van der Waals surface area (Å²) in [4.78, 5) is 22.1. The summed E-state index contributed by atoms with van der Waals surface area (Å²) in [5, 5.41) is 29.5. The Labute approximate surface area is 259 Å². The summed E-state index contributed by atoms with van der Waals surface area (Å²) in [5.74, 6) is 2.22. The number of rotatable bonds is 16. The van der Waals surface area contributed by atoms with Gasteiger partial charge in [-0.05, 0) is 24.3 Å². The number of anilines is 2. The highest BCUT2D eigenvalue weighted by atomic mass is 32.1. The van der Waals surface area contributed by atoms with Gasteiger partial charge in [0.1, 0.15) is 23.0 Å². The molecule has 4 rings (SSSR count). The van der Waals surface area contributed by atoms with Crippen LogP contribution in [0.4, 0.5) is 21.4 Å². The molecule has 0 unspecified atom stereocenters. The second kappa shape index (κ2) is 14.6. The summed E-state index contributed by atoms with van der Waals surface area (Å²) >= 11 is 1.72. The number of hydrogen-bond acceptors (Lipinski definition) is 15. The van der Waals surface area contributed by atoms with Gasteiger partial charge >= 0.3 is 19.6 Å². The van der Waals surface area contributed by atoms with Crippen LogP contribution in [0.5, 0.6) is 33.1 Å². The molecule has 0 atom stereocenters. The highest BCUT2D eigenvalue weighted by Gasteiger charge is 2.24. The van der Waals surface area contributed by atoms with E-state index in [-0.39, 0.29) is 44.6 Å². The number of nitrogens with zero attached hydrogens (tertiary/aromatic N) is 2. The van der Waals surface area contributed by atoms with Crippen molar-refractivity contribution in [2.45, 2.75) is 13.1 Å². The van der Waals surface area contributed by atoms with E-state index in [1.807, 2.05) is 0 Å². The Morgan fingerprint density at radius 2 is 1.09 bits per heavy atom. The standard InChI is InChI=1S/C26H27N4O11PS2/c1-36-17-7-5-15(21(9-17)38-3)13-27-25-19(29(31)32)11-23(43-25)40-42(35)41-24-12-20(30(33)34)26(44-24)28-14-16-6-8-18(37-2)10-22(16)39-4/h5-12,27-28,42H,13-14H2,1-4H3. The number of hydrogen-bond donors (Lipinski definition) is 2. The second-order valence-electron chi connectivity index (χ2n) is 8.59. The van der Waals surface area contributed by atoms with E-state index in [4.69, 9.17) is 28.0 Å². The zero-order valence-electron chi connectivity index (χ0n) is 23.7. The Balaban J connectivity index is 1.44. The van der Waals surface area contributed by atoms with Crippen LogP contribution in [0.3, 0.4) is 0 Å². The molecule has 0 saturated carbocycles. The van der Waals surface area contributed by atoms with Crippen LogP contribution in [0.1, 0.15) is 11.1 Å². The van der Waals surface area contributed by atoms with Crippen LogP contribution < -0.4 is 38.6 Å². The predicted octanol–water partition coefficient (Wildman–Crippen LogP) is 6.73. The third-order valence-electron chi connectivity index (χ3n) is 6.01. The van der Waals surface area contributed by atoms with Crippen molar-refractivity contribution in [3.05, 3.63) is 79.9 Å². The molecule has 2 N–H and O–H groups in total. The first-order chi connectivity index (χ1) is 21.1. The molecule has 2 aromatic heterocycles. The van der Waals surface area contributed by atoms with Gasteiger partial charge in [0.2, 0.25) is 0 Å². The maximum absolute atomic E-state index is 12.7. The molecule has 15 nitrogen and oxygen atoms in total. The Bertz CT molecular complexity index is 1560. The Morgan fingerprint density at radius 1 is 0.682 bits per heavy atom. The van der Waals surface area contributed by atoms with Gasteiger partial charge in [-0.15, -0.1) is 0 Å². The molecular weight excluding hydrogens is 639 g/mol. The molecule has 234 valence electrons.